The number of carbonyl (C=O) groups is 1. The van der Waals surface area contributed by atoms with Crippen molar-refractivity contribution in [3.05, 3.63) is 29.6 Å². The van der Waals surface area contributed by atoms with Crippen LogP contribution < -0.4 is 10.1 Å². The molecule has 1 aromatic carbocycles. The van der Waals surface area contributed by atoms with E-state index in [-0.39, 0.29) is 17.7 Å². The number of ether oxygens (including phenoxy) is 1. The molecule has 0 unspecified atom stereocenters. The minimum Gasteiger partial charge on any atom is -0.494 e. The lowest BCUT2D eigenvalue weighted by molar-refractivity contribution is 0.0655. The molecule has 1 saturated heterocycles. The molecule has 4 nitrogen and oxygen atoms in total. The maximum absolute atomic E-state index is 13.4. The van der Waals surface area contributed by atoms with E-state index in [4.69, 9.17) is 4.74 Å². The molecule has 2 rings (SSSR count). The van der Waals surface area contributed by atoms with Gasteiger partial charge in [0.1, 0.15) is 0 Å². The zero-order valence-electron chi connectivity index (χ0n) is 12.0. The van der Waals surface area contributed by atoms with Gasteiger partial charge in [-0.15, -0.1) is 0 Å². The predicted molar refractivity (Wildman–Crippen MR) is 75.6 cm³/mol. The summed E-state index contributed by atoms with van der Waals surface area (Å²) in [6, 6.07) is 4.53. The number of piperidine rings is 1. The number of nitrogens with one attached hydrogen (secondary N) is 1. The molecule has 0 saturated carbocycles. The summed E-state index contributed by atoms with van der Waals surface area (Å²) in [6.45, 7) is 4.49. The number of hydrogen-bond donors (Lipinski definition) is 1. The molecule has 5 heteroatoms. The number of nitrogens with zero attached hydrogens (tertiary/aromatic N) is 1. The van der Waals surface area contributed by atoms with Gasteiger partial charge in [0.2, 0.25) is 0 Å². The van der Waals surface area contributed by atoms with Crippen LogP contribution in [-0.4, -0.2) is 43.6 Å². The van der Waals surface area contributed by atoms with Crippen molar-refractivity contribution in [2.24, 2.45) is 0 Å². The molecule has 0 aromatic heterocycles. The summed E-state index contributed by atoms with van der Waals surface area (Å²) < 4.78 is 18.4. The van der Waals surface area contributed by atoms with E-state index >= 15 is 0 Å². The summed E-state index contributed by atoms with van der Waals surface area (Å²) in [5.41, 5.74) is 0.476. The van der Waals surface area contributed by atoms with Crippen LogP contribution in [0.5, 0.6) is 5.75 Å². The molecule has 0 radical (unpaired) electrons. The van der Waals surface area contributed by atoms with Gasteiger partial charge in [-0.1, -0.05) is 0 Å². The Kier molecular flexibility index (Phi) is 4.95. The number of benzene rings is 1. The van der Waals surface area contributed by atoms with Crippen LogP contribution in [0.25, 0.3) is 0 Å². The van der Waals surface area contributed by atoms with Crippen molar-refractivity contribution in [1.82, 2.24) is 10.2 Å². The van der Waals surface area contributed by atoms with Crippen molar-refractivity contribution in [3.63, 3.8) is 0 Å². The first-order chi connectivity index (χ1) is 9.67. The van der Waals surface area contributed by atoms with Gasteiger partial charge in [0.05, 0.1) is 7.11 Å². The molecule has 1 fully saturated rings. The largest absolute Gasteiger partial charge is 0.494 e. The first kappa shape index (κ1) is 14.8. The Morgan fingerprint density at radius 2 is 2.15 bits per heavy atom. The lowest BCUT2D eigenvalue weighted by Gasteiger charge is -2.34. The number of amides is 1. The third kappa shape index (κ3) is 3.10. The standard InChI is InChI=1S/C15H21FN2O2/c1-3-18(12-6-8-17-9-7-12)15(19)11-4-5-13(16)14(10-11)20-2/h4-5,10,12,17H,3,6-9H2,1-2H3. The molecule has 1 aliphatic rings. The highest BCUT2D eigenvalue weighted by Crippen LogP contribution is 2.21. The molecule has 1 aliphatic heterocycles. The SMILES string of the molecule is CCN(C(=O)c1ccc(F)c(OC)c1)C1CCNCC1. The van der Waals surface area contributed by atoms with E-state index in [0.29, 0.717) is 12.1 Å². The summed E-state index contributed by atoms with van der Waals surface area (Å²) >= 11 is 0. The lowest BCUT2D eigenvalue weighted by atomic mass is 10.0. The first-order valence-corrected chi connectivity index (χ1v) is 7.02. The summed E-state index contributed by atoms with van der Waals surface area (Å²) in [4.78, 5) is 14.5. The van der Waals surface area contributed by atoms with Gasteiger partial charge < -0.3 is 15.0 Å². The Bertz CT molecular complexity index is 473. The normalized spacial score (nSPS) is 15.9. The Morgan fingerprint density at radius 3 is 2.75 bits per heavy atom. The second-order valence-electron chi connectivity index (χ2n) is 4.92. The van der Waals surface area contributed by atoms with Gasteiger partial charge in [0.25, 0.3) is 5.91 Å². The zero-order chi connectivity index (χ0) is 14.5. The zero-order valence-corrected chi connectivity index (χ0v) is 12.0. The van der Waals surface area contributed by atoms with E-state index in [9.17, 15) is 9.18 Å². The second-order valence-corrected chi connectivity index (χ2v) is 4.92. The van der Waals surface area contributed by atoms with E-state index in [1.807, 2.05) is 11.8 Å². The topological polar surface area (TPSA) is 41.6 Å². The van der Waals surface area contributed by atoms with Gasteiger partial charge in [-0.2, -0.15) is 0 Å². The number of methoxy groups -OCH3 is 1. The monoisotopic (exact) mass is 280 g/mol. The van der Waals surface area contributed by atoms with Crippen LogP contribution in [0.3, 0.4) is 0 Å². The highest BCUT2D eigenvalue weighted by molar-refractivity contribution is 5.94. The lowest BCUT2D eigenvalue weighted by Crippen LogP contribution is -2.46. The van der Waals surface area contributed by atoms with E-state index in [2.05, 4.69) is 5.32 Å². The second kappa shape index (κ2) is 6.70. The summed E-state index contributed by atoms with van der Waals surface area (Å²) in [5.74, 6) is -0.399. The summed E-state index contributed by atoms with van der Waals surface area (Å²) in [5, 5.41) is 3.29. The molecule has 0 atom stereocenters. The van der Waals surface area contributed by atoms with Gasteiger partial charge in [0.15, 0.2) is 11.6 Å². The highest BCUT2D eigenvalue weighted by atomic mass is 19.1. The fourth-order valence-corrected chi connectivity index (χ4v) is 2.64. The highest BCUT2D eigenvalue weighted by Gasteiger charge is 2.25. The number of hydrogen-bond acceptors (Lipinski definition) is 3. The van der Waals surface area contributed by atoms with Crippen molar-refractivity contribution in [2.45, 2.75) is 25.8 Å². The third-order valence-corrected chi connectivity index (χ3v) is 3.75. The molecule has 1 N–H and O–H groups in total. The number of carbonyl (C=O) groups excluding carboxylic acids is 1. The van der Waals surface area contributed by atoms with Crippen LogP contribution in [0, 0.1) is 5.82 Å². The summed E-state index contributed by atoms with van der Waals surface area (Å²) in [7, 11) is 1.40. The maximum atomic E-state index is 13.4. The van der Waals surface area contributed by atoms with Crippen LogP contribution >= 0.6 is 0 Å². The minimum absolute atomic E-state index is 0.0577. The predicted octanol–water partition coefficient (Wildman–Crippen LogP) is 2.05. The van der Waals surface area contributed by atoms with Gasteiger partial charge in [-0.3, -0.25) is 4.79 Å². The number of rotatable bonds is 4. The Labute approximate surface area is 118 Å². The molecule has 110 valence electrons. The molecular weight excluding hydrogens is 259 g/mol. The van der Waals surface area contributed by atoms with Gasteiger partial charge >= 0.3 is 0 Å². The van der Waals surface area contributed by atoms with Crippen molar-refractivity contribution in [2.75, 3.05) is 26.7 Å². The smallest absolute Gasteiger partial charge is 0.254 e. The van der Waals surface area contributed by atoms with E-state index in [1.54, 1.807) is 0 Å². The Morgan fingerprint density at radius 1 is 1.45 bits per heavy atom. The molecule has 0 bridgehead atoms. The van der Waals surface area contributed by atoms with Crippen LogP contribution in [-0.2, 0) is 0 Å². The third-order valence-electron chi connectivity index (χ3n) is 3.75. The molecular formula is C15H21FN2O2. The molecule has 20 heavy (non-hydrogen) atoms. The average molecular weight is 280 g/mol. The van der Waals surface area contributed by atoms with E-state index in [1.165, 1.54) is 25.3 Å². The Hall–Kier alpha value is -1.62. The molecule has 1 aromatic rings. The van der Waals surface area contributed by atoms with Crippen molar-refractivity contribution in [1.29, 1.82) is 0 Å². The molecule has 0 spiro atoms. The molecule has 0 aliphatic carbocycles. The van der Waals surface area contributed by atoms with E-state index < -0.39 is 5.82 Å². The van der Waals surface area contributed by atoms with Crippen molar-refractivity contribution < 1.29 is 13.9 Å². The fourth-order valence-electron chi connectivity index (χ4n) is 2.64. The van der Waals surface area contributed by atoms with Gasteiger partial charge in [0, 0.05) is 18.2 Å². The Balaban J connectivity index is 2.19. The maximum Gasteiger partial charge on any atom is 0.254 e. The van der Waals surface area contributed by atoms with Crippen LogP contribution in [0.1, 0.15) is 30.1 Å². The molecule has 1 amide bonds. The van der Waals surface area contributed by atoms with Crippen LogP contribution in [0.15, 0.2) is 18.2 Å². The van der Waals surface area contributed by atoms with Gasteiger partial charge in [-0.05, 0) is 51.1 Å². The quantitative estimate of drug-likeness (QED) is 0.918. The fraction of sp³-hybridized carbons (Fsp3) is 0.533. The number of halogens is 1. The van der Waals surface area contributed by atoms with Crippen molar-refractivity contribution >= 4 is 5.91 Å². The minimum atomic E-state index is -0.450. The van der Waals surface area contributed by atoms with E-state index in [0.717, 1.165) is 25.9 Å². The molecule has 1 heterocycles. The average Bonchev–Trinajstić information content (AvgIpc) is 2.49. The first-order valence-electron chi connectivity index (χ1n) is 7.02. The van der Waals surface area contributed by atoms with Crippen LogP contribution in [0.4, 0.5) is 4.39 Å². The van der Waals surface area contributed by atoms with Crippen LogP contribution in [0.2, 0.25) is 0 Å². The van der Waals surface area contributed by atoms with Crippen molar-refractivity contribution in [3.8, 4) is 5.75 Å². The summed E-state index contributed by atoms with van der Waals surface area (Å²) in [6.07, 6.45) is 1.91. The van der Waals surface area contributed by atoms with Gasteiger partial charge in [-0.25, -0.2) is 4.39 Å².